The highest BCUT2D eigenvalue weighted by atomic mass is 16.6. The Bertz CT molecular complexity index is 680. The van der Waals surface area contributed by atoms with Crippen molar-refractivity contribution in [1.29, 1.82) is 0 Å². The molecule has 0 unspecified atom stereocenters. The smallest absolute Gasteiger partial charge is 0.336 e. The average Bonchev–Trinajstić information content (AvgIpc) is 2.93. The first-order valence-electron chi connectivity index (χ1n) is 9.86. The maximum Gasteiger partial charge on any atom is 0.336 e. The third-order valence-electron chi connectivity index (χ3n) is 5.33. The molecule has 1 fully saturated rings. The quantitative estimate of drug-likeness (QED) is 0.395. The van der Waals surface area contributed by atoms with Crippen LogP contribution in [0.25, 0.3) is 0 Å². The Hall–Kier alpha value is -2.19. The number of fused-ring (bicyclic) bond motifs is 1. The van der Waals surface area contributed by atoms with Crippen LogP contribution in [0, 0.1) is 17.8 Å². The molecule has 162 valence electrons. The van der Waals surface area contributed by atoms with Crippen molar-refractivity contribution >= 4 is 17.9 Å². The number of aliphatic hydroxyl groups excluding tert-OH is 2. The summed E-state index contributed by atoms with van der Waals surface area (Å²) in [6, 6.07) is 0. The number of methoxy groups -OCH3 is 1. The summed E-state index contributed by atoms with van der Waals surface area (Å²) in [6.07, 6.45) is -0.591. The molecule has 8 heteroatoms. The Morgan fingerprint density at radius 3 is 2.66 bits per heavy atom. The van der Waals surface area contributed by atoms with Crippen LogP contribution in [0.1, 0.15) is 39.5 Å². The van der Waals surface area contributed by atoms with Gasteiger partial charge < -0.3 is 24.4 Å². The molecule has 1 heterocycles. The highest BCUT2D eigenvalue weighted by Crippen LogP contribution is 2.38. The van der Waals surface area contributed by atoms with Crippen LogP contribution in [0.15, 0.2) is 23.8 Å². The van der Waals surface area contributed by atoms with Gasteiger partial charge in [0.1, 0.15) is 18.3 Å². The van der Waals surface area contributed by atoms with E-state index in [2.05, 4.69) is 6.58 Å². The second kappa shape index (κ2) is 10.0. The number of ether oxygens (including phenoxy) is 3. The van der Waals surface area contributed by atoms with Crippen LogP contribution < -0.4 is 0 Å². The van der Waals surface area contributed by atoms with Crippen molar-refractivity contribution in [3.05, 3.63) is 23.8 Å². The van der Waals surface area contributed by atoms with E-state index in [0.717, 1.165) is 0 Å². The molecule has 0 aromatic rings. The normalized spacial score (nSPS) is 32.1. The zero-order chi connectivity index (χ0) is 21.7. The minimum atomic E-state index is -1.51. The van der Waals surface area contributed by atoms with Crippen molar-refractivity contribution < 1.29 is 38.8 Å². The second-order valence-electron chi connectivity index (χ2n) is 8.00. The van der Waals surface area contributed by atoms with E-state index >= 15 is 0 Å². The molecule has 0 bridgehead atoms. The van der Waals surface area contributed by atoms with E-state index in [1.807, 2.05) is 13.8 Å². The monoisotopic (exact) mass is 410 g/mol. The number of hydrogen-bond donors (Lipinski definition) is 2. The van der Waals surface area contributed by atoms with Crippen molar-refractivity contribution in [3.63, 3.8) is 0 Å². The predicted octanol–water partition coefficient (Wildman–Crippen LogP) is 1.29. The molecule has 0 aromatic heterocycles. The molecule has 1 aliphatic heterocycles. The van der Waals surface area contributed by atoms with Crippen molar-refractivity contribution in [3.8, 4) is 0 Å². The summed E-state index contributed by atoms with van der Waals surface area (Å²) in [7, 11) is 1.19. The SMILES string of the molecule is C=C1C(=O)O[C@@H]2C[C@@H](CO)CC/C=C(/C(=O)OC)[C@H](O)[C@@H](OC(=O)CC(C)C)[C@@H]12. The van der Waals surface area contributed by atoms with E-state index in [9.17, 15) is 24.6 Å². The third-order valence-corrected chi connectivity index (χ3v) is 5.33. The molecular weight excluding hydrogens is 380 g/mol. The molecular formula is C21H30O8. The zero-order valence-corrected chi connectivity index (χ0v) is 17.1. The van der Waals surface area contributed by atoms with E-state index in [4.69, 9.17) is 14.2 Å². The first-order chi connectivity index (χ1) is 13.7. The Kier molecular flexibility index (Phi) is 7.98. The van der Waals surface area contributed by atoms with Crippen LogP contribution in [0.2, 0.25) is 0 Å². The Balaban J connectivity index is 2.48. The Morgan fingerprint density at radius 1 is 1.38 bits per heavy atom. The van der Waals surface area contributed by atoms with Gasteiger partial charge >= 0.3 is 17.9 Å². The van der Waals surface area contributed by atoms with Gasteiger partial charge in [-0.05, 0) is 31.1 Å². The molecule has 0 spiro atoms. The summed E-state index contributed by atoms with van der Waals surface area (Å²) in [5.41, 5.74) is 0.0113. The van der Waals surface area contributed by atoms with Crippen LogP contribution in [-0.4, -0.2) is 60.1 Å². The lowest BCUT2D eigenvalue weighted by atomic mass is 9.80. The molecule has 0 aromatic carbocycles. The number of esters is 3. The number of carbonyl (C=O) groups is 3. The zero-order valence-electron chi connectivity index (χ0n) is 17.1. The van der Waals surface area contributed by atoms with Crippen molar-refractivity contribution in [1.82, 2.24) is 0 Å². The van der Waals surface area contributed by atoms with Crippen LogP contribution >= 0.6 is 0 Å². The van der Waals surface area contributed by atoms with Crippen LogP contribution in [0.3, 0.4) is 0 Å². The van der Waals surface area contributed by atoms with Crippen molar-refractivity contribution in [2.45, 2.75) is 57.8 Å². The minimum absolute atomic E-state index is 0.0222. The first-order valence-corrected chi connectivity index (χ1v) is 9.86. The van der Waals surface area contributed by atoms with E-state index in [0.29, 0.717) is 19.3 Å². The molecule has 2 rings (SSSR count). The lowest BCUT2D eigenvalue weighted by molar-refractivity contribution is -0.162. The topological polar surface area (TPSA) is 119 Å². The van der Waals surface area contributed by atoms with Gasteiger partial charge in [0, 0.05) is 18.6 Å². The average molecular weight is 410 g/mol. The standard InChI is InChI=1S/C21H30O8/c1-11(2)8-16(23)29-19-17-12(3)20(25)28-15(17)9-13(10-22)6-5-7-14(18(19)24)21(26)27-4/h7,11,13,15,17-19,22,24H,3,5-6,8-10H2,1-2,4H3/b14-7+/t13-,15+,17-,18-,19-/m0/s1. The van der Waals surface area contributed by atoms with Gasteiger partial charge in [0.15, 0.2) is 0 Å². The number of carbonyl (C=O) groups excluding carboxylic acids is 3. The summed E-state index contributed by atoms with van der Waals surface area (Å²) in [4.78, 5) is 36.9. The second-order valence-corrected chi connectivity index (χ2v) is 8.00. The number of rotatable bonds is 5. The fraction of sp³-hybridized carbons (Fsp3) is 0.667. The van der Waals surface area contributed by atoms with Gasteiger partial charge in [-0.1, -0.05) is 26.5 Å². The number of allylic oxidation sites excluding steroid dienone is 1. The lowest BCUT2D eigenvalue weighted by Crippen LogP contribution is -2.45. The largest absolute Gasteiger partial charge is 0.466 e. The van der Waals surface area contributed by atoms with Gasteiger partial charge in [-0.2, -0.15) is 0 Å². The Labute approximate surface area is 170 Å². The molecule has 0 radical (unpaired) electrons. The van der Waals surface area contributed by atoms with Gasteiger partial charge in [0.05, 0.1) is 18.6 Å². The van der Waals surface area contributed by atoms with Gasteiger partial charge in [-0.15, -0.1) is 0 Å². The molecule has 0 amide bonds. The molecule has 2 N–H and O–H groups in total. The highest BCUT2D eigenvalue weighted by Gasteiger charge is 2.49. The first kappa shape index (κ1) is 23.1. The van der Waals surface area contributed by atoms with Crippen molar-refractivity contribution in [2.24, 2.45) is 17.8 Å². The van der Waals surface area contributed by atoms with E-state index < -0.39 is 42.1 Å². The maximum atomic E-state index is 12.4. The molecule has 0 saturated carbocycles. The minimum Gasteiger partial charge on any atom is -0.466 e. The highest BCUT2D eigenvalue weighted by molar-refractivity contribution is 5.92. The van der Waals surface area contributed by atoms with E-state index in [1.165, 1.54) is 13.2 Å². The molecule has 1 saturated heterocycles. The molecule has 8 nitrogen and oxygen atoms in total. The van der Waals surface area contributed by atoms with Crippen LogP contribution in [-0.2, 0) is 28.6 Å². The third kappa shape index (κ3) is 5.45. The van der Waals surface area contributed by atoms with Crippen LogP contribution in [0.4, 0.5) is 0 Å². The summed E-state index contributed by atoms with van der Waals surface area (Å²) in [5.74, 6) is -2.97. The lowest BCUT2D eigenvalue weighted by Gasteiger charge is -2.33. The fourth-order valence-electron chi connectivity index (χ4n) is 3.83. The predicted molar refractivity (Wildman–Crippen MR) is 102 cm³/mol. The summed E-state index contributed by atoms with van der Waals surface area (Å²) in [6.45, 7) is 7.33. The molecule has 2 aliphatic rings. The summed E-state index contributed by atoms with van der Waals surface area (Å²) < 4.78 is 15.8. The molecule has 1 aliphatic carbocycles. The molecule has 29 heavy (non-hydrogen) atoms. The summed E-state index contributed by atoms with van der Waals surface area (Å²) in [5, 5.41) is 20.7. The van der Waals surface area contributed by atoms with Crippen molar-refractivity contribution in [2.75, 3.05) is 13.7 Å². The van der Waals surface area contributed by atoms with Gasteiger partial charge in [0.2, 0.25) is 0 Å². The maximum absolute atomic E-state index is 12.4. The fourth-order valence-corrected chi connectivity index (χ4v) is 3.83. The molecule has 5 atom stereocenters. The van der Waals surface area contributed by atoms with Gasteiger partial charge in [-0.3, -0.25) is 4.79 Å². The van der Waals surface area contributed by atoms with E-state index in [1.54, 1.807) is 0 Å². The van der Waals surface area contributed by atoms with Gasteiger partial charge in [0.25, 0.3) is 0 Å². The number of aliphatic hydroxyl groups is 2. The Morgan fingerprint density at radius 2 is 2.07 bits per heavy atom. The van der Waals surface area contributed by atoms with E-state index in [-0.39, 0.29) is 36.0 Å². The summed E-state index contributed by atoms with van der Waals surface area (Å²) >= 11 is 0. The number of hydrogen-bond acceptors (Lipinski definition) is 8. The van der Waals surface area contributed by atoms with Crippen LogP contribution in [0.5, 0.6) is 0 Å². The van der Waals surface area contributed by atoms with Gasteiger partial charge in [-0.25, -0.2) is 9.59 Å².